The first kappa shape index (κ1) is 16.7. The molecule has 1 unspecified atom stereocenters. The maximum Gasteiger partial charge on any atom is 0.231 e. The third kappa shape index (κ3) is 2.76. The lowest BCUT2D eigenvalue weighted by Gasteiger charge is -2.33. The smallest absolute Gasteiger partial charge is 0.231 e. The third-order valence-electron chi connectivity index (χ3n) is 6.66. The molecule has 0 aromatic carbocycles. The van der Waals surface area contributed by atoms with Gasteiger partial charge in [0, 0.05) is 31.0 Å². The van der Waals surface area contributed by atoms with E-state index in [1.807, 2.05) is 10.3 Å². The molecule has 1 aromatic heterocycles. The third-order valence-corrected chi connectivity index (χ3v) is 7.29. The number of carbonyl (C=O) groups excluding carboxylic acids is 2. The van der Waals surface area contributed by atoms with Gasteiger partial charge >= 0.3 is 0 Å². The Kier molecular flexibility index (Phi) is 3.87. The van der Waals surface area contributed by atoms with E-state index in [0.29, 0.717) is 18.9 Å². The van der Waals surface area contributed by atoms with Crippen LogP contribution >= 0.6 is 11.3 Å². The molecule has 0 radical (unpaired) electrons. The highest BCUT2D eigenvalue weighted by Crippen LogP contribution is 2.56. The molecule has 140 valence electrons. The number of carbonyl (C=O) groups is 2. The van der Waals surface area contributed by atoms with Gasteiger partial charge in [-0.05, 0) is 38.5 Å². The van der Waals surface area contributed by atoms with Crippen LogP contribution in [0.5, 0.6) is 0 Å². The summed E-state index contributed by atoms with van der Waals surface area (Å²) >= 11 is 1.51. The molecule has 4 fully saturated rings. The molecule has 2 saturated carbocycles. The lowest BCUT2D eigenvalue weighted by atomic mass is 9.91. The highest BCUT2D eigenvalue weighted by Gasteiger charge is 2.65. The Labute approximate surface area is 157 Å². The molecule has 6 nitrogen and oxygen atoms in total. The summed E-state index contributed by atoms with van der Waals surface area (Å²) < 4.78 is 5.95. The number of hydrogen-bond acceptors (Lipinski definition) is 5. The molecule has 4 aliphatic rings. The van der Waals surface area contributed by atoms with Gasteiger partial charge in [0.15, 0.2) is 0 Å². The molecule has 1 N–H and O–H groups in total. The molecule has 3 atom stereocenters. The zero-order valence-corrected chi connectivity index (χ0v) is 15.7. The van der Waals surface area contributed by atoms with E-state index in [0.717, 1.165) is 50.9 Å². The van der Waals surface area contributed by atoms with Crippen LogP contribution in [0.3, 0.4) is 0 Å². The Morgan fingerprint density at radius 2 is 2.27 bits per heavy atom. The molecule has 2 saturated heterocycles. The molecule has 0 bridgehead atoms. The maximum atomic E-state index is 13.2. The number of nitrogens with one attached hydrogen (secondary N) is 1. The quantitative estimate of drug-likeness (QED) is 0.851. The van der Waals surface area contributed by atoms with Gasteiger partial charge in [0.25, 0.3) is 0 Å². The first-order valence-corrected chi connectivity index (χ1v) is 10.6. The number of piperidine rings is 1. The summed E-state index contributed by atoms with van der Waals surface area (Å²) in [5.41, 5.74) is 2.12. The van der Waals surface area contributed by atoms with Crippen molar-refractivity contribution in [2.75, 3.05) is 19.7 Å². The number of rotatable bonds is 5. The van der Waals surface area contributed by atoms with Crippen LogP contribution in [0, 0.1) is 11.3 Å². The van der Waals surface area contributed by atoms with E-state index < -0.39 is 0 Å². The van der Waals surface area contributed by atoms with Gasteiger partial charge in [-0.1, -0.05) is 0 Å². The maximum absolute atomic E-state index is 13.2. The monoisotopic (exact) mass is 375 g/mol. The second-order valence-corrected chi connectivity index (χ2v) is 9.18. The summed E-state index contributed by atoms with van der Waals surface area (Å²) in [5, 5.41) is 5.11. The lowest BCUT2D eigenvalue weighted by molar-refractivity contribution is -0.145. The van der Waals surface area contributed by atoms with Crippen LogP contribution in [-0.4, -0.2) is 53.0 Å². The Hall–Kier alpha value is -1.47. The average Bonchev–Trinajstić information content (AvgIpc) is 3.48. The fourth-order valence-electron chi connectivity index (χ4n) is 4.94. The van der Waals surface area contributed by atoms with Crippen molar-refractivity contribution in [3.63, 3.8) is 0 Å². The van der Waals surface area contributed by atoms with Crippen molar-refractivity contribution in [2.45, 2.75) is 56.6 Å². The average molecular weight is 375 g/mol. The van der Waals surface area contributed by atoms with Crippen LogP contribution in [-0.2, 0) is 20.7 Å². The summed E-state index contributed by atoms with van der Waals surface area (Å²) in [6.07, 6.45) is 6.63. The van der Waals surface area contributed by atoms with Crippen LogP contribution in [0.4, 0.5) is 0 Å². The van der Waals surface area contributed by atoms with Gasteiger partial charge in [0.2, 0.25) is 11.8 Å². The molecular formula is C19H25N3O3S. The summed E-state index contributed by atoms with van der Waals surface area (Å²) in [5.74, 6) is 0.697. The van der Waals surface area contributed by atoms with Crippen molar-refractivity contribution >= 4 is 23.2 Å². The lowest BCUT2D eigenvalue weighted by Crippen LogP contribution is -2.48. The molecule has 5 rings (SSSR count). The van der Waals surface area contributed by atoms with Gasteiger partial charge in [0.05, 0.1) is 34.7 Å². The Morgan fingerprint density at radius 3 is 2.96 bits per heavy atom. The molecule has 2 aliphatic heterocycles. The zero-order valence-electron chi connectivity index (χ0n) is 14.9. The number of nitrogens with zero attached hydrogens (tertiary/aromatic N) is 2. The van der Waals surface area contributed by atoms with E-state index in [4.69, 9.17) is 4.74 Å². The van der Waals surface area contributed by atoms with Crippen LogP contribution in [0.25, 0.3) is 0 Å². The Balaban J connectivity index is 1.21. The van der Waals surface area contributed by atoms with E-state index in [1.54, 1.807) is 5.51 Å². The summed E-state index contributed by atoms with van der Waals surface area (Å²) in [4.78, 5) is 31.7. The van der Waals surface area contributed by atoms with E-state index in [-0.39, 0.29) is 28.9 Å². The van der Waals surface area contributed by atoms with E-state index >= 15 is 0 Å². The number of amides is 2. The molecule has 2 amide bonds. The van der Waals surface area contributed by atoms with E-state index in [1.165, 1.54) is 17.8 Å². The van der Waals surface area contributed by atoms with Crippen molar-refractivity contribution < 1.29 is 14.3 Å². The number of hydrogen-bond donors (Lipinski definition) is 1. The number of likely N-dealkylation sites (tertiary alicyclic amines) is 1. The molecule has 1 aromatic rings. The largest absolute Gasteiger partial charge is 0.377 e. The minimum Gasteiger partial charge on any atom is -0.377 e. The van der Waals surface area contributed by atoms with Crippen molar-refractivity contribution in [1.82, 2.24) is 15.2 Å². The first-order chi connectivity index (χ1) is 12.6. The first-order valence-electron chi connectivity index (χ1n) is 9.70. The minimum atomic E-state index is -0.261. The molecule has 7 heteroatoms. The van der Waals surface area contributed by atoms with E-state index in [9.17, 15) is 9.59 Å². The van der Waals surface area contributed by atoms with Crippen LogP contribution in [0.1, 0.15) is 44.2 Å². The molecular weight excluding hydrogens is 350 g/mol. The van der Waals surface area contributed by atoms with Gasteiger partial charge < -0.3 is 15.0 Å². The predicted octanol–water partition coefficient (Wildman–Crippen LogP) is 1.75. The topological polar surface area (TPSA) is 71.5 Å². The summed E-state index contributed by atoms with van der Waals surface area (Å²) in [6.45, 7) is 2.23. The van der Waals surface area contributed by atoms with Gasteiger partial charge in [-0.15, -0.1) is 11.3 Å². The normalized spacial score (nSPS) is 34.2. The number of fused-ring (bicyclic) bond motifs is 1. The fourth-order valence-corrected chi connectivity index (χ4v) is 5.50. The Bertz CT molecular complexity index is 712. The molecule has 26 heavy (non-hydrogen) atoms. The van der Waals surface area contributed by atoms with Gasteiger partial charge in [-0.2, -0.15) is 0 Å². The van der Waals surface area contributed by atoms with Crippen LogP contribution in [0.2, 0.25) is 0 Å². The zero-order chi connectivity index (χ0) is 17.8. The van der Waals surface area contributed by atoms with Crippen LogP contribution < -0.4 is 5.32 Å². The van der Waals surface area contributed by atoms with Crippen molar-refractivity contribution in [2.24, 2.45) is 11.3 Å². The fraction of sp³-hybridized carbons (Fsp3) is 0.737. The van der Waals surface area contributed by atoms with Crippen molar-refractivity contribution in [3.8, 4) is 0 Å². The number of thiazole rings is 1. The number of ether oxygens (including phenoxy) is 1. The summed E-state index contributed by atoms with van der Waals surface area (Å²) in [7, 11) is 0. The molecule has 2 aliphatic carbocycles. The second-order valence-electron chi connectivity index (χ2n) is 8.46. The highest BCUT2D eigenvalue weighted by atomic mass is 32.1. The van der Waals surface area contributed by atoms with Gasteiger partial charge in [-0.3, -0.25) is 9.59 Å². The number of aromatic nitrogens is 1. The second kappa shape index (κ2) is 6.02. The SMILES string of the molecule is O=C(Cc1cscn1)N[C@@]12C[C@@H]1CN(C(=O)C1(C3CCCCO3)CC1)C2. The van der Waals surface area contributed by atoms with Crippen molar-refractivity contribution in [1.29, 1.82) is 0 Å². The standard InChI is InChI=1S/C19H25N3O3S/c23-16(7-14-10-26-12-20-14)21-19-8-13(19)9-22(11-19)17(24)18(4-5-18)15-3-1-2-6-25-15/h10,12-13,15H,1-9,11H2,(H,21,23)/t13-,15?,19-/m1/s1. The van der Waals surface area contributed by atoms with Gasteiger partial charge in [-0.25, -0.2) is 4.98 Å². The molecule has 0 spiro atoms. The summed E-state index contributed by atoms with van der Waals surface area (Å²) in [6, 6.07) is 0. The predicted molar refractivity (Wildman–Crippen MR) is 96.6 cm³/mol. The van der Waals surface area contributed by atoms with Gasteiger partial charge in [0.1, 0.15) is 0 Å². The highest BCUT2D eigenvalue weighted by molar-refractivity contribution is 7.07. The van der Waals surface area contributed by atoms with Crippen LogP contribution in [0.15, 0.2) is 10.9 Å². The van der Waals surface area contributed by atoms with E-state index in [2.05, 4.69) is 10.3 Å². The van der Waals surface area contributed by atoms with Crippen molar-refractivity contribution in [3.05, 3.63) is 16.6 Å². The molecule has 3 heterocycles. The Morgan fingerprint density at radius 1 is 1.38 bits per heavy atom. The minimum absolute atomic E-state index is 0.0180.